The summed E-state index contributed by atoms with van der Waals surface area (Å²) < 4.78 is 5.86. The lowest BCUT2D eigenvalue weighted by Gasteiger charge is -2.33. The fourth-order valence-electron chi connectivity index (χ4n) is 2.73. The van der Waals surface area contributed by atoms with Crippen molar-refractivity contribution >= 4 is 0 Å². The zero-order chi connectivity index (χ0) is 12.1. The summed E-state index contributed by atoms with van der Waals surface area (Å²) in [6, 6.07) is 0.451. The minimum absolute atomic E-state index is 0.451. The molecule has 1 aliphatic carbocycles. The zero-order valence-electron chi connectivity index (χ0n) is 11.2. The molecule has 1 heterocycles. The third-order valence-electron chi connectivity index (χ3n) is 4.03. The largest absolute Gasteiger partial charge is 0.377 e. The minimum Gasteiger partial charge on any atom is -0.377 e. The van der Waals surface area contributed by atoms with E-state index in [1.165, 1.54) is 45.2 Å². The van der Waals surface area contributed by atoms with Crippen LogP contribution in [0.5, 0.6) is 0 Å². The third-order valence-corrected chi connectivity index (χ3v) is 4.03. The Morgan fingerprint density at radius 2 is 2.18 bits per heavy atom. The number of nitrogens with two attached hydrogens (primary N) is 1. The van der Waals surface area contributed by atoms with E-state index < -0.39 is 0 Å². The fourth-order valence-corrected chi connectivity index (χ4v) is 2.73. The number of hydrogen-bond donors (Lipinski definition) is 1. The van der Waals surface area contributed by atoms with E-state index >= 15 is 0 Å². The van der Waals surface area contributed by atoms with Gasteiger partial charge in [0, 0.05) is 19.2 Å². The van der Waals surface area contributed by atoms with Crippen molar-refractivity contribution < 1.29 is 4.74 Å². The number of hydrogen-bond acceptors (Lipinski definition) is 3. The molecule has 2 unspecified atom stereocenters. The predicted octanol–water partition coefficient (Wildman–Crippen LogP) is 2.00. The number of likely N-dealkylation sites (tertiary alicyclic amines) is 1. The van der Waals surface area contributed by atoms with Gasteiger partial charge >= 0.3 is 0 Å². The normalized spacial score (nSPS) is 28.2. The van der Waals surface area contributed by atoms with Crippen molar-refractivity contribution in [2.45, 2.75) is 57.6 Å². The molecule has 100 valence electrons. The Hall–Kier alpha value is -0.120. The van der Waals surface area contributed by atoms with Gasteiger partial charge in [-0.1, -0.05) is 6.92 Å². The molecule has 0 radical (unpaired) electrons. The van der Waals surface area contributed by atoms with Gasteiger partial charge in [0.25, 0.3) is 0 Å². The Morgan fingerprint density at radius 3 is 2.88 bits per heavy atom. The Morgan fingerprint density at radius 1 is 1.35 bits per heavy atom. The van der Waals surface area contributed by atoms with Crippen LogP contribution in [0, 0.1) is 5.92 Å². The van der Waals surface area contributed by atoms with Gasteiger partial charge in [0.1, 0.15) is 0 Å². The fraction of sp³-hybridized carbons (Fsp3) is 1.00. The first kappa shape index (κ1) is 13.3. The molecule has 17 heavy (non-hydrogen) atoms. The maximum atomic E-state index is 6.15. The molecule has 0 bridgehead atoms. The van der Waals surface area contributed by atoms with Crippen molar-refractivity contribution in [1.82, 2.24) is 4.90 Å². The zero-order valence-corrected chi connectivity index (χ0v) is 11.2. The standard InChI is InChI=1S/C14H28N2O/c1-2-10-17-13-4-3-8-16(11-13)9-7-14(15)12-5-6-12/h12-14H,2-11,15H2,1H3. The number of ether oxygens (including phenoxy) is 1. The summed E-state index contributed by atoms with van der Waals surface area (Å²) in [5, 5.41) is 0. The molecular formula is C14H28N2O. The SMILES string of the molecule is CCCOC1CCCN(CCC(N)C2CC2)C1. The van der Waals surface area contributed by atoms with Crippen LogP contribution < -0.4 is 5.73 Å². The van der Waals surface area contributed by atoms with Crippen LogP contribution in [-0.4, -0.2) is 43.3 Å². The molecule has 0 aromatic heterocycles. The molecule has 0 spiro atoms. The van der Waals surface area contributed by atoms with Crippen LogP contribution in [0.15, 0.2) is 0 Å². The topological polar surface area (TPSA) is 38.5 Å². The molecule has 3 heteroatoms. The molecule has 2 atom stereocenters. The summed E-state index contributed by atoms with van der Waals surface area (Å²) in [5.74, 6) is 0.840. The van der Waals surface area contributed by atoms with Crippen LogP contribution in [0.4, 0.5) is 0 Å². The Labute approximate surface area is 106 Å². The molecule has 2 fully saturated rings. The van der Waals surface area contributed by atoms with Gasteiger partial charge in [-0.15, -0.1) is 0 Å². The predicted molar refractivity (Wildman–Crippen MR) is 71.0 cm³/mol. The van der Waals surface area contributed by atoms with Crippen LogP contribution in [0.3, 0.4) is 0 Å². The molecule has 3 nitrogen and oxygen atoms in total. The van der Waals surface area contributed by atoms with Crippen molar-refractivity contribution in [3.8, 4) is 0 Å². The highest BCUT2D eigenvalue weighted by Crippen LogP contribution is 2.32. The highest BCUT2D eigenvalue weighted by Gasteiger charge is 2.29. The average Bonchev–Trinajstić information content (AvgIpc) is 3.18. The van der Waals surface area contributed by atoms with E-state index in [2.05, 4.69) is 11.8 Å². The molecule has 2 N–H and O–H groups in total. The van der Waals surface area contributed by atoms with Crippen molar-refractivity contribution in [3.63, 3.8) is 0 Å². The summed E-state index contributed by atoms with van der Waals surface area (Å²) in [7, 11) is 0. The quantitative estimate of drug-likeness (QED) is 0.740. The summed E-state index contributed by atoms with van der Waals surface area (Å²) in [4.78, 5) is 2.55. The number of rotatable bonds is 7. The molecule has 2 rings (SSSR count). The van der Waals surface area contributed by atoms with Crippen LogP contribution in [0.1, 0.15) is 45.4 Å². The average molecular weight is 240 g/mol. The van der Waals surface area contributed by atoms with Gasteiger partial charge in [-0.2, -0.15) is 0 Å². The molecule has 1 saturated heterocycles. The monoisotopic (exact) mass is 240 g/mol. The first-order valence-electron chi connectivity index (χ1n) is 7.39. The maximum absolute atomic E-state index is 6.15. The summed E-state index contributed by atoms with van der Waals surface area (Å²) >= 11 is 0. The van der Waals surface area contributed by atoms with Crippen LogP contribution >= 0.6 is 0 Å². The lowest BCUT2D eigenvalue weighted by molar-refractivity contribution is -0.000729. The molecule has 1 saturated carbocycles. The van der Waals surface area contributed by atoms with Gasteiger partial charge in [0.05, 0.1) is 6.10 Å². The van der Waals surface area contributed by atoms with Crippen LogP contribution in [-0.2, 0) is 4.74 Å². The lowest BCUT2D eigenvalue weighted by Crippen LogP contribution is -2.41. The first-order chi connectivity index (χ1) is 8.29. The maximum Gasteiger partial charge on any atom is 0.0702 e. The molecule has 0 aromatic rings. The molecule has 0 amide bonds. The number of nitrogens with zero attached hydrogens (tertiary/aromatic N) is 1. The highest BCUT2D eigenvalue weighted by molar-refractivity contribution is 4.85. The van der Waals surface area contributed by atoms with E-state index in [1.807, 2.05) is 0 Å². The summed E-state index contributed by atoms with van der Waals surface area (Å²) in [5.41, 5.74) is 6.15. The minimum atomic E-state index is 0.451. The Balaban J connectivity index is 1.62. The second kappa shape index (κ2) is 6.72. The third kappa shape index (κ3) is 4.57. The number of piperidine rings is 1. The van der Waals surface area contributed by atoms with Crippen LogP contribution in [0.25, 0.3) is 0 Å². The lowest BCUT2D eigenvalue weighted by atomic mass is 10.1. The van der Waals surface area contributed by atoms with Gasteiger partial charge in [-0.3, -0.25) is 0 Å². The molecular weight excluding hydrogens is 212 g/mol. The Kier molecular flexibility index (Phi) is 5.26. The van der Waals surface area contributed by atoms with Crippen molar-refractivity contribution in [3.05, 3.63) is 0 Å². The van der Waals surface area contributed by atoms with Gasteiger partial charge in [0.2, 0.25) is 0 Å². The van der Waals surface area contributed by atoms with E-state index in [0.29, 0.717) is 12.1 Å². The molecule has 1 aliphatic heterocycles. The van der Waals surface area contributed by atoms with Crippen LogP contribution in [0.2, 0.25) is 0 Å². The van der Waals surface area contributed by atoms with E-state index in [4.69, 9.17) is 10.5 Å². The van der Waals surface area contributed by atoms with Gasteiger partial charge < -0.3 is 15.4 Å². The highest BCUT2D eigenvalue weighted by atomic mass is 16.5. The van der Waals surface area contributed by atoms with Gasteiger partial charge in [0.15, 0.2) is 0 Å². The second-order valence-corrected chi connectivity index (χ2v) is 5.73. The summed E-state index contributed by atoms with van der Waals surface area (Å²) in [6.07, 6.45) is 8.03. The Bertz CT molecular complexity index is 218. The van der Waals surface area contributed by atoms with E-state index in [1.54, 1.807) is 0 Å². The smallest absolute Gasteiger partial charge is 0.0702 e. The summed E-state index contributed by atoms with van der Waals surface area (Å²) in [6.45, 7) is 6.62. The van der Waals surface area contributed by atoms with Crippen molar-refractivity contribution in [2.75, 3.05) is 26.2 Å². The molecule has 0 aromatic carbocycles. The van der Waals surface area contributed by atoms with Gasteiger partial charge in [-0.25, -0.2) is 0 Å². The molecule has 2 aliphatic rings. The van der Waals surface area contributed by atoms with Crippen molar-refractivity contribution in [2.24, 2.45) is 11.7 Å². The second-order valence-electron chi connectivity index (χ2n) is 5.73. The first-order valence-corrected chi connectivity index (χ1v) is 7.39. The van der Waals surface area contributed by atoms with Crippen molar-refractivity contribution in [1.29, 1.82) is 0 Å². The van der Waals surface area contributed by atoms with E-state index in [9.17, 15) is 0 Å². The van der Waals surface area contributed by atoms with E-state index in [-0.39, 0.29) is 0 Å². The van der Waals surface area contributed by atoms with E-state index in [0.717, 1.165) is 25.5 Å². The van der Waals surface area contributed by atoms with Gasteiger partial charge in [-0.05, 0) is 57.5 Å².